The molecule has 0 aliphatic carbocycles. The standard InChI is InChI=1S/C11H15N3O3/c1-13-7-8(6-12-13)10(15)14-5-3-2-4-9(14)11(16)17/h6-7,9H,2-5H2,1H3,(H,16,17)/t9-/m0/s1. The van der Waals surface area contributed by atoms with Gasteiger partial charge in [0, 0.05) is 19.8 Å². The van der Waals surface area contributed by atoms with Crippen LogP contribution in [-0.4, -0.2) is 44.3 Å². The number of aliphatic carboxylic acids is 1. The molecule has 1 amide bonds. The number of amides is 1. The third kappa shape index (κ3) is 2.30. The zero-order valence-electron chi connectivity index (χ0n) is 9.67. The van der Waals surface area contributed by atoms with Crippen molar-refractivity contribution < 1.29 is 14.7 Å². The number of carbonyl (C=O) groups is 2. The maximum absolute atomic E-state index is 12.1. The summed E-state index contributed by atoms with van der Waals surface area (Å²) in [6.45, 7) is 0.505. The molecule has 0 radical (unpaired) electrons. The summed E-state index contributed by atoms with van der Waals surface area (Å²) in [5.74, 6) is -1.17. The Morgan fingerprint density at radius 3 is 2.82 bits per heavy atom. The van der Waals surface area contributed by atoms with Crippen molar-refractivity contribution in [2.45, 2.75) is 25.3 Å². The summed E-state index contributed by atoms with van der Waals surface area (Å²) in [4.78, 5) is 24.7. The number of carboxylic acids is 1. The van der Waals surface area contributed by atoms with Crippen LogP contribution in [0.3, 0.4) is 0 Å². The van der Waals surface area contributed by atoms with Crippen LogP contribution in [0.4, 0.5) is 0 Å². The number of likely N-dealkylation sites (tertiary alicyclic amines) is 1. The largest absolute Gasteiger partial charge is 0.480 e. The molecular formula is C11H15N3O3. The van der Waals surface area contributed by atoms with Gasteiger partial charge in [-0.25, -0.2) is 4.79 Å². The van der Waals surface area contributed by atoms with Crippen LogP contribution < -0.4 is 0 Å². The third-order valence-electron chi connectivity index (χ3n) is 3.00. The number of hydrogen-bond acceptors (Lipinski definition) is 3. The Morgan fingerprint density at radius 2 is 2.24 bits per heavy atom. The number of carboxylic acid groups (broad SMARTS) is 1. The van der Waals surface area contributed by atoms with Crippen LogP contribution in [0.25, 0.3) is 0 Å². The fourth-order valence-electron chi connectivity index (χ4n) is 2.13. The highest BCUT2D eigenvalue weighted by atomic mass is 16.4. The minimum atomic E-state index is -0.929. The first-order valence-electron chi connectivity index (χ1n) is 5.62. The number of carbonyl (C=O) groups excluding carboxylic acids is 1. The second-order valence-corrected chi connectivity index (χ2v) is 4.25. The predicted octanol–water partition coefficient (Wildman–Crippen LogP) is 0.499. The molecule has 92 valence electrons. The van der Waals surface area contributed by atoms with Gasteiger partial charge in [-0.2, -0.15) is 5.10 Å². The minimum Gasteiger partial charge on any atom is -0.480 e. The summed E-state index contributed by atoms with van der Waals surface area (Å²) < 4.78 is 1.53. The van der Waals surface area contributed by atoms with E-state index in [-0.39, 0.29) is 5.91 Å². The van der Waals surface area contributed by atoms with Crippen LogP contribution in [0, 0.1) is 0 Å². The smallest absolute Gasteiger partial charge is 0.326 e. The van der Waals surface area contributed by atoms with Gasteiger partial charge in [-0.1, -0.05) is 0 Å². The summed E-state index contributed by atoms with van der Waals surface area (Å²) >= 11 is 0. The van der Waals surface area contributed by atoms with Gasteiger partial charge in [-0.3, -0.25) is 9.48 Å². The second kappa shape index (κ2) is 4.57. The molecular weight excluding hydrogens is 222 g/mol. The molecule has 1 aromatic heterocycles. The number of hydrogen-bond donors (Lipinski definition) is 1. The highest BCUT2D eigenvalue weighted by Crippen LogP contribution is 2.19. The molecule has 1 aliphatic rings. The Kier molecular flexibility index (Phi) is 3.12. The van der Waals surface area contributed by atoms with Crippen LogP contribution in [0.5, 0.6) is 0 Å². The van der Waals surface area contributed by atoms with Gasteiger partial charge in [-0.05, 0) is 19.3 Å². The zero-order valence-corrected chi connectivity index (χ0v) is 9.67. The van der Waals surface area contributed by atoms with E-state index in [9.17, 15) is 9.59 Å². The summed E-state index contributed by atoms with van der Waals surface area (Å²) in [6, 6.07) is -0.698. The predicted molar refractivity (Wildman–Crippen MR) is 59.5 cm³/mol. The molecule has 2 heterocycles. The monoisotopic (exact) mass is 237 g/mol. The summed E-state index contributed by atoms with van der Waals surface area (Å²) in [5.41, 5.74) is 0.445. The van der Waals surface area contributed by atoms with E-state index in [1.807, 2.05) is 0 Å². The minimum absolute atomic E-state index is 0.245. The van der Waals surface area contributed by atoms with Crippen LogP contribution >= 0.6 is 0 Å². The highest BCUT2D eigenvalue weighted by Gasteiger charge is 2.32. The van der Waals surface area contributed by atoms with E-state index in [0.717, 1.165) is 12.8 Å². The number of nitrogens with zero attached hydrogens (tertiary/aromatic N) is 3. The van der Waals surface area contributed by atoms with Crippen LogP contribution in [0.1, 0.15) is 29.6 Å². The van der Waals surface area contributed by atoms with E-state index in [1.54, 1.807) is 13.2 Å². The molecule has 0 saturated carbocycles. The van der Waals surface area contributed by atoms with E-state index in [1.165, 1.54) is 15.8 Å². The molecule has 1 aromatic rings. The number of piperidine rings is 1. The lowest BCUT2D eigenvalue weighted by atomic mass is 10.0. The molecule has 0 bridgehead atoms. The van der Waals surface area contributed by atoms with Gasteiger partial charge in [0.05, 0.1) is 11.8 Å². The Labute approximate surface area is 98.8 Å². The summed E-state index contributed by atoms with van der Waals surface area (Å²) in [7, 11) is 1.72. The van der Waals surface area contributed by atoms with Gasteiger partial charge in [-0.15, -0.1) is 0 Å². The van der Waals surface area contributed by atoms with Gasteiger partial charge in [0.2, 0.25) is 0 Å². The lowest BCUT2D eigenvalue weighted by Crippen LogP contribution is -2.47. The molecule has 17 heavy (non-hydrogen) atoms. The topological polar surface area (TPSA) is 75.4 Å². The van der Waals surface area contributed by atoms with E-state index in [2.05, 4.69) is 5.10 Å². The van der Waals surface area contributed by atoms with Crippen molar-refractivity contribution in [2.75, 3.05) is 6.54 Å². The average Bonchev–Trinajstić information content (AvgIpc) is 2.75. The number of aryl methyl sites for hydroxylation is 1. The lowest BCUT2D eigenvalue weighted by Gasteiger charge is -2.32. The van der Waals surface area contributed by atoms with Crippen molar-refractivity contribution in [1.82, 2.24) is 14.7 Å². The molecule has 0 spiro atoms. The van der Waals surface area contributed by atoms with Crippen molar-refractivity contribution in [3.05, 3.63) is 18.0 Å². The van der Waals surface area contributed by atoms with Gasteiger partial charge in [0.1, 0.15) is 6.04 Å². The molecule has 1 aliphatic heterocycles. The quantitative estimate of drug-likeness (QED) is 0.812. The molecule has 2 rings (SSSR count). The zero-order chi connectivity index (χ0) is 12.4. The fourth-order valence-corrected chi connectivity index (χ4v) is 2.13. The van der Waals surface area contributed by atoms with Crippen LogP contribution in [-0.2, 0) is 11.8 Å². The van der Waals surface area contributed by atoms with E-state index in [0.29, 0.717) is 18.5 Å². The third-order valence-corrected chi connectivity index (χ3v) is 3.00. The van der Waals surface area contributed by atoms with E-state index in [4.69, 9.17) is 5.11 Å². The Bertz CT molecular complexity index is 441. The second-order valence-electron chi connectivity index (χ2n) is 4.25. The summed E-state index contributed by atoms with van der Waals surface area (Å²) in [5, 5.41) is 13.0. The van der Waals surface area contributed by atoms with Gasteiger partial charge in [0.25, 0.3) is 5.91 Å². The van der Waals surface area contributed by atoms with E-state index >= 15 is 0 Å². The molecule has 1 fully saturated rings. The molecule has 0 unspecified atom stereocenters. The van der Waals surface area contributed by atoms with Crippen molar-refractivity contribution in [1.29, 1.82) is 0 Å². The Balaban J connectivity index is 2.19. The number of rotatable bonds is 2. The van der Waals surface area contributed by atoms with Crippen molar-refractivity contribution in [3.8, 4) is 0 Å². The van der Waals surface area contributed by atoms with Crippen LogP contribution in [0.2, 0.25) is 0 Å². The molecule has 1 N–H and O–H groups in total. The maximum atomic E-state index is 12.1. The number of aromatic nitrogens is 2. The molecule has 1 atom stereocenters. The maximum Gasteiger partial charge on any atom is 0.326 e. The lowest BCUT2D eigenvalue weighted by molar-refractivity contribution is -0.143. The van der Waals surface area contributed by atoms with Crippen molar-refractivity contribution in [3.63, 3.8) is 0 Å². The first-order chi connectivity index (χ1) is 8.09. The van der Waals surface area contributed by atoms with Crippen molar-refractivity contribution >= 4 is 11.9 Å². The first-order valence-corrected chi connectivity index (χ1v) is 5.62. The summed E-state index contributed by atoms with van der Waals surface area (Å²) in [6.07, 6.45) is 5.32. The average molecular weight is 237 g/mol. The SMILES string of the molecule is Cn1cc(C(=O)N2CCCC[C@H]2C(=O)O)cn1. The highest BCUT2D eigenvalue weighted by molar-refractivity contribution is 5.96. The van der Waals surface area contributed by atoms with E-state index < -0.39 is 12.0 Å². The molecule has 6 nitrogen and oxygen atoms in total. The van der Waals surface area contributed by atoms with Gasteiger partial charge in [0.15, 0.2) is 0 Å². The van der Waals surface area contributed by atoms with Crippen molar-refractivity contribution in [2.24, 2.45) is 7.05 Å². The van der Waals surface area contributed by atoms with Crippen LogP contribution in [0.15, 0.2) is 12.4 Å². The molecule has 1 saturated heterocycles. The Morgan fingerprint density at radius 1 is 1.47 bits per heavy atom. The fraction of sp³-hybridized carbons (Fsp3) is 0.545. The molecule has 6 heteroatoms. The van der Waals surface area contributed by atoms with Gasteiger partial charge >= 0.3 is 5.97 Å². The Hall–Kier alpha value is -1.85. The first kappa shape index (κ1) is 11.6. The molecule has 0 aromatic carbocycles. The normalized spacial score (nSPS) is 20.3. The van der Waals surface area contributed by atoms with Gasteiger partial charge < -0.3 is 10.0 Å².